The first-order valence-corrected chi connectivity index (χ1v) is 7.69. The zero-order chi connectivity index (χ0) is 11.9. The molecule has 0 aromatic carbocycles. The molecule has 2 nitrogen and oxygen atoms in total. The first-order valence-electron chi connectivity index (χ1n) is 6.70. The average Bonchev–Trinajstić information content (AvgIpc) is 2.40. The van der Waals surface area contributed by atoms with Gasteiger partial charge in [-0.05, 0) is 38.9 Å². The second-order valence-electron chi connectivity index (χ2n) is 5.40. The van der Waals surface area contributed by atoms with Crippen molar-refractivity contribution in [1.29, 1.82) is 0 Å². The number of rotatable bonds is 6. The third-order valence-corrected chi connectivity index (χ3v) is 4.73. The van der Waals surface area contributed by atoms with Crippen molar-refractivity contribution < 1.29 is 0 Å². The largest absolute Gasteiger partial charge is 0.330 e. The Balaban J connectivity index is 2.08. The molecule has 0 amide bonds. The van der Waals surface area contributed by atoms with Crippen molar-refractivity contribution in [3.05, 3.63) is 0 Å². The molecule has 0 aromatic heterocycles. The molecule has 0 aromatic rings. The molecule has 1 rings (SSSR count). The maximum absolute atomic E-state index is 5.49. The van der Waals surface area contributed by atoms with Crippen molar-refractivity contribution in [2.24, 2.45) is 5.73 Å². The minimum atomic E-state index is 0.494. The molecule has 0 radical (unpaired) electrons. The summed E-state index contributed by atoms with van der Waals surface area (Å²) in [5.74, 6) is 1.30. The van der Waals surface area contributed by atoms with Crippen molar-refractivity contribution in [3.8, 4) is 0 Å². The van der Waals surface area contributed by atoms with Crippen LogP contribution in [0.15, 0.2) is 0 Å². The second kappa shape index (κ2) is 7.57. The highest BCUT2D eigenvalue weighted by molar-refractivity contribution is 8.00. The zero-order valence-corrected chi connectivity index (χ0v) is 11.8. The third-order valence-electron chi connectivity index (χ3n) is 3.36. The van der Waals surface area contributed by atoms with Gasteiger partial charge in [0.2, 0.25) is 0 Å². The van der Waals surface area contributed by atoms with E-state index in [2.05, 4.69) is 30.5 Å². The zero-order valence-electron chi connectivity index (χ0n) is 11.0. The molecule has 3 heteroatoms. The molecule has 0 atom stereocenters. The smallest absolute Gasteiger partial charge is 0.0116 e. The van der Waals surface area contributed by atoms with Crippen molar-refractivity contribution in [2.75, 3.05) is 31.9 Å². The number of nitrogens with zero attached hydrogens (tertiary/aromatic N) is 1. The van der Waals surface area contributed by atoms with E-state index in [1.165, 1.54) is 57.5 Å². The van der Waals surface area contributed by atoms with E-state index in [1.54, 1.807) is 0 Å². The van der Waals surface area contributed by atoms with E-state index in [4.69, 9.17) is 5.73 Å². The Hall–Kier alpha value is 0.270. The summed E-state index contributed by atoms with van der Waals surface area (Å²) in [6.07, 6.45) is 6.54. The molecular weight excluding hydrogens is 216 g/mol. The Labute approximate surface area is 105 Å². The highest BCUT2D eigenvalue weighted by atomic mass is 32.2. The van der Waals surface area contributed by atoms with Crippen LogP contribution in [0, 0.1) is 0 Å². The van der Waals surface area contributed by atoms with Gasteiger partial charge in [0.15, 0.2) is 0 Å². The summed E-state index contributed by atoms with van der Waals surface area (Å²) in [6.45, 7) is 9.47. The SMILES string of the molecule is CC1(C)CCN(CCCCCCN)CCS1. The molecule has 0 saturated carbocycles. The normalized spacial score (nSPS) is 21.9. The molecule has 0 spiro atoms. The fourth-order valence-corrected chi connectivity index (χ4v) is 3.26. The molecule has 1 aliphatic heterocycles. The van der Waals surface area contributed by atoms with Gasteiger partial charge in [0, 0.05) is 17.0 Å². The van der Waals surface area contributed by atoms with Crippen molar-refractivity contribution in [3.63, 3.8) is 0 Å². The standard InChI is InChI=1S/C13H28N2S/c1-13(2)7-10-15(11-12-16-13)9-6-4-3-5-8-14/h3-12,14H2,1-2H3. The van der Waals surface area contributed by atoms with E-state index in [9.17, 15) is 0 Å². The van der Waals surface area contributed by atoms with Gasteiger partial charge in [-0.25, -0.2) is 0 Å². The fourth-order valence-electron chi connectivity index (χ4n) is 2.12. The van der Waals surface area contributed by atoms with Crippen molar-refractivity contribution in [2.45, 2.75) is 50.7 Å². The molecule has 0 unspecified atom stereocenters. The minimum Gasteiger partial charge on any atom is -0.330 e. The summed E-state index contributed by atoms with van der Waals surface area (Å²) in [5.41, 5.74) is 5.49. The molecule has 0 bridgehead atoms. The Bertz CT molecular complexity index is 183. The number of unbranched alkanes of at least 4 members (excludes halogenated alkanes) is 3. The van der Waals surface area contributed by atoms with Crippen LogP contribution in [0.3, 0.4) is 0 Å². The van der Waals surface area contributed by atoms with Gasteiger partial charge in [0.05, 0.1) is 0 Å². The highest BCUT2D eigenvalue weighted by Gasteiger charge is 2.22. The van der Waals surface area contributed by atoms with Gasteiger partial charge in [0.25, 0.3) is 0 Å². The van der Waals surface area contributed by atoms with Crippen LogP contribution in [0.2, 0.25) is 0 Å². The van der Waals surface area contributed by atoms with Gasteiger partial charge in [-0.3, -0.25) is 0 Å². The number of thioether (sulfide) groups is 1. The first kappa shape index (κ1) is 14.3. The van der Waals surface area contributed by atoms with E-state index in [1.807, 2.05) is 0 Å². The topological polar surface area (TPSA) is 29.3 Å². The molecule has 1 heterocycles. The highest BCUT2D eigenvalue weighted by Crippen LogP contribution is 2.30. The van der Waals surface area contributed by atoms with Crippen LogP contribution < -0.4 is 5.73 Å². The van der Waals surface area contributed by atoms with Crippen molar-refractivity contribution in [1.82, 2.24) is 4.90 Å². The first-order chi connectivity index (χ1) is 7.64. The number of hydrogen-bond donors (Lipinski definition) is 1. The van der Waals surface area contributed by atoms with E-state index >= 15 is 0 Å². The van der Waals surface area contributed by atoms with Gasteiger partial charge in [-0.1, -0.05) is 26.7 Å². The van der Waals surface area contributed by atoms with Gasteiger partial charge in [0.1, 0.15) is 0 Å². The van der Waals surface area contributed by atoms with Crippen LogP contribution in [-0.2, 0) is 0 Å². The molecular formula is C13H28N2S. The second-order valence-corrected chi connectivity index (χ2v) is 7.20. The molecule has 1 aliphatic rings. The molecule has 1 saturated heterocycles. The van der Waals surface area contributed by atoms with E-state index < -0.39 is 0 Å². The lowest BCUT2D eigenvalue weighted by Crippen LogP contribution is -2.28. The predicted octanol–water partition coefficient (Wildman–Crippen LogP) is 2.72. The van der Waals surface area contributed by atoms with Crippen molar-refractivity contribution >= 4 is 11.8 Å². The van der Waals surface area contributed by atoms with E-state index in [0.29, 0.717) is 4.75 Å². The van der Waals surface area contributed by atoms with Gasteiger partial charge in [-0.15, -0.1) is 0 Å². The van der Waals surface area contributed by atoms with E-state index in [0.717, 1.165) is 6.54 Å². The lowest BCUT2D eigenvalue weighted by Gasteiger charge is -2.22. The van der Waals surface area contributed by atoms with Crippen LogP contribution in [0.5, 0.6) is 0 Å². The minimum absolute atomic E-state index is 0.494. The quantitative estimate of drug-likeness (QED) is 0.729. The average molecular weight is 244 g/mol. The summed E-state index contributed by atoms with van der Waals surface area (Å²) >= 11 is 2.13. The summed E-state index contributed by atoms with van der Waals surface area (Å²) in [6, 6.07) is 0. The van der Waals surface area contributed by atoms with Crippen LogP contribution in [0.25, 0.3) is 0 Å². The molecule has 96 valence electrons. The maximum atomic E-state index is 5.49. The Morgan fingerprint density at radius 3 is 2.62 bits per heavy atom. The fraction of sp³-hybridized carbons (Fsp3) is 1.00. The lowest BCUT2D eigenvalue weighted by atomic mass is 10.1. The Morgan fingerprint density at radius 1 is 1.12 bits per heavy atom. The number of hydrogen-bond acceptors (Lipinski definition) is 3. The van der Waals surface area contributed by atoms with Gasteiger partial charge in [-0.2, -0.15) is 11.8 Å². The van der Waals surface area contributed by atoms with Gasteiger partial charge < -0.3 is 10.6 Å². The molecule has 1 fully saturated rings. The van der Waals surface area contributed by atoms with Gasteiger partial charge >= 0.3 is 0 Å². The predicted molar refractivity (Wildman–Crippen MR) is 75.1 cm³/mol. The summed E-state index contributed by atoms with van der Waals surface area (Å²) in [7, 11) is 0. The lowest BCUT2D eigenvalue weighted by molar-refractivity contribution is 0.277. The Kier molecular flexibility index (Phi) is 6.78. The number of nitrogens with two attached hydrogens (primary N) is 1. The summed E-state index contributed by atoms with van der Waals surface area (Å²) in [4.78, 5) is 2.64. The third kappa shape index (κ3) is 6.12. The van der Waals surface area contributed by atoms with Crippen LogP contribution in [0.1, 0.15) is 46.0 Å². The van der Waals surface area contributed by atoms with Crippen LogP contribution >= 0.6 is 11.8 Å². The maximum Gasteiger partial charge on any atom is 0.0116 e. The van der Waals surface area contributed by atoms with Crippen LogP contribution in [0.4, 0.5) is 0 Å². The summed E-state index contributed by atoms with van der Waals surface area (Å²) in [5, 5.41) is 0. The summed E-state index contributed by atoms with van der Waals surface area (Å²) < 4.78 is 0.494. The molecule has 16 heavy (non-hydrogen) atoms. The molecule has 0 aliphatic carbocycles. The Morgan fingerprint density at radius 2 is 1.88 bits per heavy atom. The molecule has 2 N–H and O–H groups in total. The monoisotopic (exact) mass is 244 g/mol. The van der Waals surface area contributed by atoms with Crippen LogP contribution in [-0.4, -0.2) is 41.6 Å². The van der Waals surface area contributed by atoms with E-state index in [-0.39, 0.29) is 0 Å².